The molecule has 0 bridgehead atoms. The van der Waals surface area contributed by atoms with Crippen LogP contribution in [0.25, 0.3) is 0 Å². The molecule has 0 spiro atoms. The second-order valence-electron chi connectivity index (χ2n) is 2.66. The lowest BCUT2D eigenvalue weighted by Gasteiger charge is -2.10. The van der Waals surface area contributed by atoms with Crippen LogP contribution in [0.15, 0.2) is 18.2 Å². The highest BCUT2D eigenvalue weighted by Gasteiger charge is 2.34. The van der Waals surface area contributed by atoms with Gasteiger partial charge in [0.2, 0.25) is 0 Å². The van der Waals surface area contributed by atoms with Crippen molar-refractivity contribution in [3.63, 3.8) is 0 Å². The van der Waals surface area contributed by atoms with Crippen molar-refractivity contribution in [2.45, 2.75) is 6.18 Å². The van der Waals surface area contributed by atoms with Crippen molar-refractivity contribution in [3.05, 3.63) is 23.8 Å². The van der Waals surface area contributed by atoms with E-state index in [0.717, 1.165) is 12.1 Å². The molecule has 0 radical (unpaired) electrons. The lowest BCUT2D eigenvalue weighted by atomic mass is 10.1. The highest BCUT2D eigenvalue weighted by molar-refractivity contribution is 5.83. The molecule has 3 N–H and O–H groups in total. The van der Waals surface area contributed by atoms with E-state index < -0.39 is 23.6 Å². The molecule has 0 aromatic heterocycles. The number of alkyl halides is 3. The largest absolute Gasteiger partial charge is 0.507 e. The van der Waals surface area contributed by atoms with Gasteiger partial charge in [0.1, 0.15) is 5.75 Å². The molecule has 0 fully saturated rings. The number of halogens is 3. The summed E-state index contributed by atoms with van der Waals surface area (Å²) < 4.78 is 36.7. The molecule has 0 aliphatic heterocycles. The Morgan fingerprint density at radius 1 is 1.33 bits per heavy atom. The zero-order chi connectivity index (χ0) is 11.6. The zero-order valence-electron chi connectivity index (χ0n) is 7.17. The maximum absolute atomic E-state index is 12.2. The van der Waals surface area contributed by atoms with Crippen molar-refractivity contribution in [3.8, 4) is 5.75 Å². The first-order valence-corrected chi connectivity index (χ1v) is 3.71. The molecule has 0 saturated heterocycles. The Morgan fingerprint density at radius 2 is 1.93 bits per heavy atom. The van der Waals surface area contributed by atoms with Gasteiger partial charge in [0, 0.05) is 5.69 Å². The van der Waals surface area contributed by atoms with Crippen LogP contribution in [0.4, 0.5) is 23.7 Å². The summed E-state index contributed by atoms with van der Waals surface area (Å²) in [6, 6.07) is 2.32. The van der Waals surface area contributed by atoms with E-state index in [0.29, 0.717) is 6.07 Å². The number of carbonyl (C=O) groups is 1. The number of amides is 1. The number of hydrogen-bond donors (Lipinski definition) is 3. The van der Waals surface area contributed by atoms with Gasteiger partial charge in [0.05, 0.1) is 5.56 Å². The Morgan fingerprint density at radius 3 is 2.40 bits per heavy atom. The summed E-state index contributed by atoms with van der Waals surface area (Å²) >= 11 is 0. The van der Waals surface area contributed by atoms with E-state index in [-0.39, 0.29) is 5.69 Å². The quantitative estimate of drug-likeness (QED) is 0.638. The molecule has 0 aliphatic carbocycles. The van der Waals surface area contributed by atoms with E-state index in [1.807, 2.05) is 0 Å². The predicted octanol–water partition coefficient (Wildman–Crippen LogP) is 2.50. The van der Waals surface area contributed by atoms with Crippen LogP contribution in [0.3, 0.4) is 0 Å². The predicted molar refractivity (Wildman–Crippen MR) is 44.8 cm³/mol. The maximum atomic E-state index is 12.2. The molecule has 1 amide bonds. The summed E-state index contributed by atoms with van der Waals surface area (Å²) in [5.74, 6) is -0.946. The molecule has 15 heavy (non-hydrogen) atoms. The van der Waals surface area contributed by atoms with E-state index in [9.17, 15) is 18.0 Å². The van der Waals surface area contributed by atoms with Crippen molar-refractivity contribution in [1.29, 1.82) is 0 Å². The van der Waals surface area contributed by atoms with Crippen molar-refractivity contribution in [1.82, 2.24) is 0 Å². The normalized spacial score (nSPS) is 11.1. The number of rotatable bonds is 1. The lowest BCUT2D eigenvalue weighted by molar-refractivity contribution is -0.138. The molecule has 1 aromatic carbocycles. The minimum Gasteiger partial charge on any atom is -0.507 e. The van der Waals surface area contributed by atoms with Crippen molar-refractivity contribution < 1.29 is 28.2 Å². The standard InChI is InChI=1S/C8H6F3NO3/c9-8(10,11)5-3-4(12-7(14)15)1-2-6(5)13/h1-3,12-13H,(H,14,15). The number of phenolic OH excluding ortho intramolecular Hbond substituents is 1. The Bertz CT molecular complexity index is 389. The minimum absolute atomic E-state index is 0.257. The van der Waals surface area contributed by atoms with E-state index in [1.165, 1.54) is 0 Å². The molecular weight excluding hydrogens is 215 g/mol. The Hall–Kier alpha value is -1.92. The summed E-state index contributed by atoms with van der Waals surface area (Å²) in [5.41, 5.74) is -1.54. The second kappa shape index (κ2) is 3.68. The topological polar surface area (TPSA) is 69.6 Å². The van der Waals surface area contributed by atoms with Gasteiger partial charge in [-0.15, -0.1) is 0 Å². The highest BCUT2D eigenvalue weighted by atomic mass is 19.4. The fourth-order valence-electron chi connectivity index (χ4n) is 0.964. The molecule has 0 saturated carbocycles. The Balaban J connectivity index is 3.11. The first-order chi connectivity index (χ1) is 6.80. The number of anilines is 1. The van der Waals surface area contributed by atoms with Crippen LogP contribution < -0.4 is 5.32 Å². The fourth-order valence-corrected chi connectivity index (χ4v) is 0.964. The summed E-state index contributed by atoms with van der Waals surface area (Å²) in [7, 11) is 0. The smallest absolute Gasteiger partial charge is 0.420 e. The Kier molecular flexibility index (Phi) is 2.74. The Labute approximate surface area is 82.0 Å². The van der Waals surface area contributed by atoms with Crippen LogP contribution in [0.1, 0.15) is 5.56 Å². The zero-order valence-corrected chi connectivity index (χ0v) is 7.17. The van der Waals surface area contributed by atoms with Gasteiger partial charge in [-0.05, 0) is 18.2 Å². The van der Waals surface area contributed by atoms with Gasteiger partial charge < -0.3 is 10.2 Å². The van der Waals surface area contributed by atoms with Crippen LogP contribution in [0.5, 0.6) is 5.75 Å². The summed E-state index contributed by atoms with van der Waals surface area (Å²) in [4.78, 5) is 10.2. The third-order valence-corrected chi connectivity index (χ3v) is 1.55. The first-order valence-electron chi connectivity index (χ1n) is 3.71. The molecule has 0 aliphatic rings. The average Bonchev–Trinajstić information content (AvgIpc) is 2.05. The molecule has 82 valence electrons. The first kappa shape index (κ1) is 11.2. The van der Waals surface area contributed by atoms with E-state index in [1.54, 1.807) is 5.32 Å². The van der Waals surface area contributed by atoms with Crippen LogP contribution in [-0.2, 0) is 6.18 Å². The minimum atomic E-state index is -4.72. The monoisotopic (exact) mass is 221 g/mol. The van der Waals surface area contributed by atoms with Gasteiger partial charge in [-0.3, -0.25) is 5.32 Å². The maximum Gasteiger partial charge on any atom is 0.420 e. The van der Waals surface area contributed by atoms with Crippen molar-refractivity contribution >= 4 is 11.8 Å². The lowest BCUT2D eigenvalue weighted by Crippen LogP contribution is -2.10. The van der Waals surface area contributed by atoms with E-state index >= 15 is 0 Å². The van der Waals surface area contributed by atoms with Gasteiger partial charge in [-0.25, -0.2) is 4.79 Å². The van der Waals surface area contributed by atoms with Crippen LogP contribution in [0.2, 0.25) is 0 Å². The molecule has 4 nitrogen and oxygen atoms in total. The van der Waals surface area contributed by atoms with Crippen LogP contribution in [-0.4, -0.2) is 16.3 Å². The van der Waals surface area contributed by atoms with Crippen molar-refractivity contribution in [2.24, 2.45) is 0 Å². The van der Waals surface area contributed by atoms with Gasteiger partial charge in [-0.1, -0.05) is 0 Å². The molecule has 0 heterocycles. The number of hydrogen-bond acceptors (Lipinski definition) is 2. The summed E-state index contributed by atoms with van der Waals surface area (Å²) in [6.45, 7) is 0. The van der Waals surface area contributed by atoms with Crippen LogP contribution >= 0.6 is 0 Å². The third kappa shape index (κ3) is 2.76. The van der Waals surface area contributed by atoms with Crippen LogP contribution in [0, 0.1) is 0 Å². The van der Waals surface area contributed by atoms with Gasteiger partial charge in [-0.2, -0.15) is 13.2 Å². The van der Waals surface area contributed by atoms with Gasteiger partial charge >= 0.3 is 12.3 Å². The number of aromatic hydroxyl groups is 1. The molecular formula is C8H6F3NO3. The summed E-state index contributed by atoms with van der Waals surface area (Å²) in [6.07, 6.45) is -6.20. The highest BCUT2D eigenvalue weighted by Crippen LogP contribution is 2.36. The number of nitrogens with one attached hydrogen (secondary N) is 1. The molecule has 7 heteroatoms. The number of benzene rings is 1. The van der Waals surface area contributed by atoms with Gasteiger partial charge in [0.15, 0.2) is 0 Å². The third-order valence-electron chi connectivity index (χ3n) is 1.55. The second-order valence-corrected chi connectivity index (χ2v) is 2.66. The average molecular weight is 221 g/mol. The number of carboxylic acid groups (broad SMARTS) is 1. The van der Waals surface area contributed by atoms with Crippen molar-refractivity contribution in [2.75, 3.05) is 5.32 Å². The van der Waals surface area contributed by atoms with E-state index in [4.69, 9.17) is 10.2 Å². The SMILES string of the molecule is O=C(O)Nc1ccc(O)c(C(F)(F)F)c1. The summed E-state index contributed by atoms with van der Waals surface area (Å²) in [5, 5.41) is 18.9. The fraction of sp³-hybridized carbons (Fsp3) is 0.125. The molecule has 1 rings (SSSR count). The molecule has 0 unspecified atom stereocenters. The number of phenols is 1. The molecule has 0 atom stereocenters. The molecule has 1 aromatic rings. The van der Waals surface area contributed by atoms with E-state index in [2.05, 4.69) is 0 Å². The van der Waals surface area contributed by atoms with Gasteiger partial charge in [0.25, 0.3) is 0 Å².